The van der Waals surface area contributed by atoms with E-state index in [4.69, 9.17) is 28.4 Å². The molecule has 0 radical (unpaired) electrons. The Balaban J connectivity index is 1.80. The summed E-state index contributed by atoms with van der Waals surface area (Å²) in [5.41, 5.74) is -1.18. The minimum Gasteiger partial charge on any atom is -0.480 e. The van der Waals surface area contributed by atoms with E-state index in [1.807, 2.05) is 0 Å². The largest absolute Gasteiger partial charge is 0.480 e. The number of carboxylic acids is 4. The fourth-order valence-electron chi connectivity index (χ4n) is 7.25. The lowest BCUT2D eigenvalue weighted by Crippen LogP contribution is -2.52. The molecule has 75 heavy (non-hydrogen) atoms. The molecular formula is C46H77N9O20. The third kappa shape index (κ3) is 30.9. The van der Waals surface area contributed by atoms with Crippen LogP contribution in [-0.2, 0) is 62.0 Å². The number of amides is 4. The maximum absolute atomic E-state index is 13.5. The van der Waals surface area contributed by atoms with Gasteiger partial charge in [0.05, 0.1) is 98.9 Å². The first-order chi connectivity index (χ1) is 36.0. The molecular weight excluding hydrogens is 999 g/mol. The number of carbonyl (C=O) groups is 8. The van der Waals surface area contributed by atoms with E-state index in [1.165, 1.54) is 17.0 Å². The first-order valence-corrected chi connectivity index (χ1v) is 24.7. The quantitative estimate of drug-likeness (QED) is 0.0231. The van der Waals surface area contributed by atoms with Gasteiger partial charge in [-0.25, -0.2) is 0 Å². The minimum absolute atomic E-state index is 0.00294. The molecule has 426 valence electrons. The molecule has 1 aromatic rings. The number of aliphatic carboxylic acids is 4. The first kappa shape index (κ1) is 65.2. The van der Waals surface area contributed by atoms with Crippen LogP contribution in [0.1, 0.15) is 36.2 Å². The Morgan fingerprint density at radius 3 is 1.45 bits per heavy atom. The van der Waals surface area contributed by atoms with Crippen LogP contribution in [0.25, 0.3) is 0 Å². The van der Waals surface area contributed by atoms with E-state index in [0.717, 1.165) is 6.07 Å². The highest BCUT2D eigenvalue weighted by molar-refractivity contribution is 5.92. The van der Waals surface area contributed by atoms with E-state index in [1.54, 1.807) is 26.6 Å². The van der Waals surface area contributed by atoms with Crippen molar-refractivity contribution in [2.45, 2.75) is 31.7 Å². The molecule has 0 saturated carbocycles. The van der Waals surface area contributed by atoms with E-state index in [9.17, 15) is 68.8 Å². The molecule has 1 saturated heterocycles. The number of carbonyl (C=O) groups excluding carboxylic acids is 4. The Bertz CT molecular complexity index is 1910. The predicted molar refractivity (Wildman–Crippen MR) is 262 cm³/mol. The summed E-state index contributed by atoms with van der Waals surface area (Å²) in [4.78, 5) is 117. The Kier molecular flexibility index (Phi) is 34.4. The van der Waals surface area contributed by atoms with Crippen LogP contribution in [0, 0.1) is 0 Å². The molecule has 2 rings (SSSR count). The van der Waals surface area contributed by atoms with E-state index < -0.39 is 60.4 Å². The third-order valence-electron chi connectivity index (χ3n) is 11.2. The molecule has 0 spiro atoms. The summed E-state index contributed by atoms with van der Waals surface area (Å²) in [6, 6.07) is 2.36. The third-order valence-corrected chi connectivity index (χ3v) is 11.2. The summed E-state index contributed by atoms with van der Waals surface area (Å²) in [5.74, 6) is -6.25. The zero-order valence-corrected chi connectivity index (χ0v) is 42.8. The van der Waals surface area contributed by atoms with Crippen molar-refractivity contribution in [2.24, 2.45) is 0 Å². The second-order valence-corrected chi connectivity index (χ2v) is 16.8. The average molecular weight is 1080 g/mol. The standard InChI is InChI=1S/C46H77N9O20/c1-47-38(56)7-21-70-25-29-74-30-26-71-22-8-40(58)49-10-23-72-27-31-75-32-28-73-24-20-54(45(66)36-3-2-4-41(59)55(36)69)11-9-48-39(57)6-5-37(46(67)68)53-18-16-51(34-43(62)63)14-12-50(33-42(60)61)13-15-52(17-19-53)35-44(64)65/h2-4,37,69H,5-35H2,1H3,(H,47,56)(H,48,57)(H,49,58)(H,60,61)(H,62,63)(H,64,65)(H,67,68)/t37-/m1/s1. The van der Waals surface area contributed by atoms with E-state index in [0.29, 0.717) is 39.6 Å². The van der Waals surface area contributed by atoms with E-state index >= 15 is 0 Å². The van der Waals surface area contributed by atoms with Gasteiger partial charge in [-0.3, -0.25) is 62.8 Å². The summed E-state index contributed by atoms with van der Waals surface area (Å²) in [6.45, 7) is 2.69. The van der Waals surface area contributed by atoms with Gasteiger partial charge in [0.2, 0.25) is 17.7 Å². The summed E-state index contributed by atoms with van der Waals surface area (Å²) >= 11 is 0. The number of rotatable bonds is 39. The molecule has 1 fully saturated rings. The molecule has 1 aromatic heterocycles. The van der Waals surface area contributed by atoms with Gasteiger partial charge >= 0.3 is 23.9 Å². The monoisotopic (exact) mass is 1080 g/mol. The second-order valence-electron chi connectivity index (χ2n) is 16.8. The highest BCUT2D eigenvalue weighted by atomic mass is 16.6. The Hall–Kier alpha value is -5.89. The molecule has 1 atom stereocenters. The Labute approximate surface area is 434 Å². The van der Waals surface area contributed by atoms with Crippen molar-refractivity contribution < 1.29 is 92.4 Å². The highest BCUT2D eigenvalue weighted by Crippen LogP contribution is 2.11. The molecule has 2 heterocycles. The Morgan fingerprint density at radius 2 is 0.973 bits per heavy atom. The topological polar surface area (TPSA) is 367 Å². The fourth-order valence-corrected chi connectivity index (χ4v) is 7.25. The second kappa shape index (κ2) is 39.5. The molecule has 0 aliphatic carbocycles. The van der Waals surface area contributed by atoms with Crippen LogP contribution in [-0.4, -0.2) is 293 Å². The van der Waals surface area contributed by atoms with E-state index in [-0.39, 0.29) is 173 Å². The minimum atomic E-state index is -1.27. The van der Waals surface area contributed by atoms with Gasteiger partial charge in [0.1, 0.15) is 11.7 Å². The normalized spacial score (nSPS) is 14.7. The van der Waals surface area contributed by atoms with Gasteiger partial charge in [0.25, 0.3) is 11.5 Å². The van der Waals surface area contributed by atoms with Gasteiger partial charge in [-0.1, -0.05) is 6.07 Å². The first-order valence-electron chi connectivity index (χ1n) is 24.7. The van der Waals surface area contributed by atoms with Gasteiger partial charge in [-0.05, 0) is 12.5 Å². The zero-order valence-electron chi connectivity index (χ0n) is 42.8. The summed E-state index contributed by atoms with van der Waals surface area (Å²) in [5, 5.41) is 57.0. The molecule has 29 nitrogen and oxygen atoms in total. The van der Waals surface area contributed by atoms with Crippen LogP contribution in [0.15, 0.2) is 23.0 Å². The van der Waals surface area contributed by atoms with E-state index in [2.05, 4.69) is 16.0 Å². The number of nitrogens with zero attached hydrogens (tertiary/aromatic N) is 6. The van der Waals surface area contributed by atoms with Crippen LogP contribution in [0.4, 0.5) is 0 Å². The molecule has 4 amide bonds. The summed E-state index contributed by atoms with van der Waals surface area (Å²) in [6.07, 6.45) is -0.00903. The lowest BCUT2D eigenvalue weighted by molar-refractivity contribution is -0.145. The van der Waals surface area contributed by atoms with Crippen LogP contribution in [0.5, 0.6) is 0 Å². The van der Waals surface area contributed by atoms with Crippen molar-refractivity contribution in [3.05, 3.63) is 34.2 Å². The average Bonchev–Trinajstić information content (AvgIpc) is 3.35. The van der Waals surface area contributed by atoms with Gasteiger partial charge in [-0.15, -0.1) is 4.73 Å². The van der Waals surface area contributed by atoms with Crippen molar-refractivity contribution in [3.8, 4) is 0 Å². The van der Waals surface area contributed by atoms with Gasteiger partial charge in [0, 0.05) is 111 Å². The fraction of sp³-hybridized carbons (Fsp3) is 0.717. The maximum atomic E-state index is 13.5. The van der Waals surface area contributed by atoms with Crippen molar-refractivity contribution in [2.75, 3.05) is 185 Å². The van der Waals surface area contributed by atoms with Crippen LogP contribution in [0.2, 0.25) is 0 Å². The molecule has 29 heteroatoms. The number of aromatic nitrogens is 1. The van der Waals surface area contributed by atoms with Crippen molar-refractivity contribution in [1.29, 1.82) is 0 Å². The molecule has 1 aliphatic rings. The number of hydrogen-bond donors (Lipinski definition) is 8. The summed E-state index contributed by atoms with van der Waals surface area (Å²) in [7, 11) is 1.56. The van der Waals surface area contributed by atoms with Crippen LogP contribution >= 0.6 is 0 Å². The van der Waals surface area contributed by atoms with Crippen molar-refractivity contribution >= 4 is 47.5 Å². The SMILES string of the molecule is CNC(=O)CCOCCOCCOCCC(=O)NCCOCCOCCOCCN(CCNC(=O)CC[C@H](C(=O)O)N1CCN(CC(=O)O)CCN(CC(=O)O)CCN(CC(=O)O)CC1)C(=O)c1cccc(=O)n1O. The molecule has 8 N–H and O–H groups in total. The number of hydrogen-bond acceptors (Lipinski definition) is 20. The van der Waals surface area contributed by atoms with Crippen LogP contribution in [0.3, 0.4) is 0 Å². The smallest absolute Gasteiger partial charge is 0.320 e. The highest BCUT2D eigenvalue weighted by Gasteiger charge is 2.29. The predicted octanol–water partition coefficient (Wildman–Crippen LogP) is -3.91. The lowest BCUT2D eigenvalue weighted by atomic mass is 10.1. The van der Waals surface area contributed by atoms with Crippen molar-refractivity contribution in [1.82, 2.24) is 45.2 Å². The number of carboxylic acid groups (broad SMARTS) is 4. The number of nitrogens with one attached hydrogen (secondary N) is 3. The van der Waals surface area contributed by atoms with Crippen molar-refractivity contribution in [3.63, 3.8) is 0 Å². The maximum Gasteiger partial charge on any atom is 0.320 e. The van der Waals surface area contributed by atoms with Crippen LogP contribution < -0.4 is 21.5 Å². The summed E-state index contributed by atoms with van der Waals surface area (Å²) < 4.78 is 32.9. The molecule has 0 unspecified atom stereocenters. The lowest BCUT2D eigenvalue weighted by Gasteiger charge is -2.35. The molecule has 0 bridgehead atoms. The van der Waals surface area contributed by atoms with Gasteiger partial charge in [0.15, 0.2) is 0 Å². The zero-order chi connectivity index (χ0) is 55.2. The number of pyridine rings is 1. The van der Waals surface area contributed by atoms with Gasteiger partial charge in [-0.2, -0.15) is 0 Å². The molecule has 0 aromatic carbocycles. The van der Waals surface area contributed by atoms with Gasteiger partial charge < -0.3 is 74.9 Å². The number of ether oxygens (including phenoxy) is 6. The Morgan fingerprint density at radius 1 is 0.547 bits per heavy atom. The molecule has 1 aliphatic heterocycles.